The molecule has 2 rings (SSSR count). The van der Waals surface area contributed by atoms with Gasteiger partial charge in [0.2, 0.25) is 0 Å². The Morgan fingerprint density at radius 1 is 0.800 bits per heavy atom. The first-order chi connectivity index (χ1) is 6.52. The summed E-state index contributed by atoms with van der Waals surface area (Å²) in [6, 6.07) is 0. The summed E-state index contributed by atoms with van der Waals surface area (Å²) in [5, 5.41) is 0. The highest BCUT2D eigenvalue weighted by Crippen LogP contribution is 2.24. The summed E-state index contributed by atoms with van der Waals surface area (Å²) in [5.74, 6) is -7.44. The first kappa shape index (κ1) is 11.9. The van der Waals surface area contributed by atoms with E-state index in [1.807, 2.05) is 0 Å². The molecule has 0 aliphatic carbocycles. The number of nitrogens with zero attached hydrogens (tertiary/aromatic N) is 1. The van der Waals surface area contributed by atoms with Crippen LogP contribution >= 0.6 is 17.0 Å². The second-order valence-electron chi connectivity index (χ2n) is 2.51. The minimum atomic E-state index is -2.01. The van der Waals surface area contributed by atoms with E-state index in [0.717, 1.165) is 0 Å². The van der Waals surface area contributed by atoms with Crippen molar-refractivity contribution in [3.63, 3.8) is 0 Å². The number of nitrogens with one attached hydrogen (secondary N) is 1. The average molecular weight is 289 g/mol. The number of rotatable bonds is 0. The lowest BCUT2D eigenvalue weighted by molar-refractivity contribution is 0.417. The Bertz CT molecular complexity index is 479. The van der Waals surface area contributed by atoms with Crippen LogP contribution in [0.25, 0.3) is 11.0 Å². The molecule has 0 saturated heterocycles. The van der Waals surface area contributed by atoms with Gasteiger partial charge in [-0.3, -0.25) is 0 Å². The Morgan fingerprint density at radius 3 is 1.93 bits per heavy atom. The second kappa shape index (κ2) is 3.76. The molecule has 2 nitrogen and oxygen atoms in total. The van der Waals surface area contributed by atoms with Crippen molar-refractivity contribution in [1.29, 1.82) is 0 Å². The van der Waals surface area contributed by atoms with Crippen molar-refractivity contribution in [1.82, 2.24) is 9.97 Å². The second-order valence-corrected chi connectivity index (χ2v) is 2.51. The van der Waals surface area contributed by atoms with Gasteiger partial charge in [-0.2, -0.15) is 9.37 Å². The van der Waals surface area contributed by atoms with E-state index >= 15 is 0 Å². The summed E-state index contributed by atoms with van der Waals surface area (Å²) in [6.45, 7) is 0. The zero-order valence-corrected chi connectivity index (χ0v) is 8.46. The van der Waals surface area contributed by atoms with Crippen LogP contribution < -0.4 is 0 Å². The maximum atomic E-state index is 12.8. The molecule has 0 radical (unpaired) electrons. The highest BCUT2D eigenvalue weighted by atomic mass is 79.9. The zero-order valence-electron chi connectivity index (χ0n) is 6.75. The van der Waals surface area contributed by atoms with Crippen LogP contribution in [0.3, 0.4) is 0 Å². The van der Waals surface area contributed by atoms with E-state index in [2.05, 4.69) is 4.98 Å². The van der Waals surface area contributed by atoms with Crippen LogP contribution in [0.2, 0.25) is 0 Å². The number of benzene rings is 1. The molecule has 0 amide bonds. The molecular formula is C7H2BrF5N2. The molecule has 1 aromatic heterocycles. The molecule has 0 bridgehead atoms. The smallest absolute Gasteiger partial charge is 0.287 e. The fourth-order valence-electron chi connectivity index (χ4n) is 1.07. The van der Waals surface area contributed by atoms with Crippen molar-refractivity contribution in [2.24, 2.45) is 0 Å². The predicted octanol–water partition coefficient (Wildman–Crippen LogP) is 2.84. The normalized spacial score (nSPS) is 10.5. The van der Waals surface area contributed by atoms with Crippen LogP contribution in [0.1, 0.15) is 0 Å². The third kappa shape index (κ3) is 1.58. The molecule has 0 saturated carbocycles. The number of hydrogen-bond acceptors (Lipinski definition) is 1. The molecule has 0 aliphatic rings. The lowest BCUT2D eigenvalue weighted by Crippen LogP contribution is -1.97. The van der Waals surface area contributed by atoms with Crippen molar-refractivity contribution in [2.75, 3.05) is 0 Å². The molecule has 2 aromatic rings. The number of H-pyrrole nitrogens is 1. The molecule has 0 aliphatic heterocycles. The molecule has 1 aromatic carbocycles. The highest BCUT2D eigenvalue weighted by Gasteiger charge is 2.23. The molecule has 1 N–H and O–H groups in total. The summed E-state index contributed by atoms with van der Waals surface area (Å²) >= 11 is 0. The lowest BCUT2D eigenvalue weighted by Gasteiger charge is -1.97. The molecule has 0 fully saturated rings. The van der Waals surface area contributed by atoms with E-state index in [1.165, 1.54) is 0 Å². The van der Waals surface area contributed by atoms with Gasteiger partial charge in [-0.15, -0.1) is 17.0 Å². The molecule has 0 unspecified atom stereocenters. The quantitative estimate of drug-likeness (QED) is 0.451. The SMILES string of the molecule is Br.Fc1nc2c(F)c(F)c(F)c(F)c2[nH]1. The molecule has 0 atom stereocenters. The van der Waals surface area contributed by atoms with Crippen molar-refractivity contribution < 1.29 is 22.0 Å². The van der Waals surface area contributed by atoms with Gasteiger partial charge in [-0.05, 0) is 0 Å². The Morgan fingerprint density at radius 2 is 1.33 bits per heavy atom. The van der Waals surface area contributed by atoms with Crippen LogP contribution in [0.4, 0.5) is 22.0 Å². The first-order valence-corrected chi connectivity index (χ1v) is 3.39. The molecule has 8 heteroatoms. The fraction of sp³-hybridized carbons (Fsp3) is 0. The molecule has 1 heterocycles. The largest absolute Gasteiger partial charge is 0.311 e. The van der Waals surface area contributed by atoms with E-state index in [-0.39, 0.29) is 17.0 Å². The number of aromatic nitrogens is 2. The van der Waals surface area contributed by atoms with Crippen molar-refractivity contribution in [3.8, 4) is 0 Å². The van der Waals surface area contributed by atoms with E-state index in [1.54, 1.807) is 4.98 Å². The van der Waals surface area contributed by atoms with E-state index in [4.69, 9.17) is 0 Å². The number of halogens is 6. The summed E-state index contributed by atoms with van der Waals surface area (Å²) in [4.78, 5) is 4.47. The lowest BCUT2D eigenvalue weighted by atomic mass is 10.2. The zero-order chi connectivity index (χ0) is 10.5. The van der Waals surface area contributed by atoms with Gasteiger partial charge in [-0.1, -0.05) is 0 Å². The van der Waals surface area contributed by atoms with Crippen LogP contribution in [0.5, 0.6) is 0 Å². The maximum absolute atomic E-state index is 12.8. The van der Waals surface area contributed by atoms with Gasteiger partial charge in [0.05, 0.1) is 0 Å². The van der Waals surface area contributed by atoms with E-state index in [9.17, 15) is 22.0 Å². The number of imidazole rings is 1. The van der Waals surface area contributed by atoms with Crippen LogP contribution in [-0.4, -0.2) is 9.97 Å². The van der Waals surface area contributed by atoms with Gasteiger partial charge in [0, 0.05) is 0 Å². The number of aromatic amines is 1. The predicted molar refractivity (Wildman–Crippen MR) is 46.2 cm³/mol. The molecule has 0 spiro atoms. The average Bonchev–Trinajstić information content (AvgIpc) is 2.54. The Kier molecular flexibility index (Phi) is 2.98. The fourth-order valence-corrected chi connectivity index (χ4v) is 1.07. The van der Waals surface area contributed by atoms with Gasteiger partial charge in [0.25, 0.3) is 6.08 Å². The third-order valence-corrected chi connectivity index (χ3v) is 1.68. The summed E-state index contributed by atoms with van der Waals surface area (Å²) in [7, 11) is 0. The molecule has 15 heavy (non-hydrogen) atoms. The van der Waals surface area contributed by atoms with Crippen molar-refractivity contribution >= 4 is 28.0 Å². The van der Waals surface area contributed by atoms with Crippen molar-refractivity contribution in [3.05, 3.63) is 29.3 Å². The number of fused-ring (bicyclic) bond motifs is 1. The van der Waals surface area contributed by atoms with Crippen LogP contribution in [0.15, 0.2) is 0 Å². The van der Waals surface area contributed by atoms with Gasteiger partial charge < -0.3 is 4.98 Å². The van der Waals surface area contributed by atoms with Crippen molar-refractivity contribution in [2.45, 2.75) is 0 Å². The van der Waals surface area contributed by atoms with Gasteiger partial charge in [0.15, 0.2) is 23.3 Å². The minimum absolute atomic E-state index is 0. The number of hydrogen-bond donors (Lipinski definition) is 1. The summed E-state index contributed by atoms with van der Waals surface area (Å²) in [6.07, 6.45) is -1.32. The van der Waals surface area contributed by atoms with E-state index < -0.39 is 40.4 Å². The molecule has 82 valence electrons. The Balaban J connectivity index is 0.00000112. The topological polar surface area (TPSA) is 28.7 Å². The van der Waals surface area contributed by atoms with E-state index in [0.29, 0.717) is 0 Å². The van der Waals surface area contributed by atoms with Crippen LogP contribution in [0, 0.1) is 29.3 Å². The monoisotopic (exact) mass is 288 g/mol. The Hall–Kier alpha value is -1.18. The van der Waals surface area contributed by atoms with Gasteiger partial charge >= 0.3 is 0 Å². The van der Waals surface area contributed by atoms with Gasteiger partial charge in [-0.25, -0.2) is 17.6 Å². The van der Waals surface area contributed by atoms with Gasteiger partial charge in [0.1, 0.15) is 11.0 Å². The minimum Gasteiger partial charge on any atom is -0.311 e. The summed E-state index contributed by atoms with van der Waals surface area (Å²) < 4.78 is 63.2. The molecular weight excluding hydrogens is 287 g/mol. The Labute approximate surface area is 89.9 Å². The van der Waals surface area contributed by atoms with Crippen LogP contribution in [-0.2, 0) is 0 Å². The third-order valence-electron chi connectivity index (χ3n) is 1.68. The summed E-state index contributed by atoms with van der Waals surface area (Å²) in [5.41, 5.74) is -1.74. The standard InChI is InChI=1S/C7HF5N2.BrH/c8-1-2(9)4(11)6-5(3(1)10)13-7(12)14-6;/h(H,13,14);1H. The highest BCUT2D eigenvalue weighted by molar-refractivity contribution is 8.93. The first-order valence-electron chi connectivity index (χ1n) is 3.39. The maximum Gasteiger partial charge on any atom is 0.287 e.